The van der Waals surface area contributed by atoms with Gasteiger partial charge >= 0.3 is 0 Å². The van der Waals surface area contributed by atoms with Crippen molar-refractivity contribution in [1.82, 2.24) is 10.6 Å². The molecule has 1 aromatic rings. The first-order chi connectivity index (χ1) is 9.06. The van der Waals surface area contributed by atoms with E-state index in [1.807, 2.05) is 0 Å². The molecule has 0 radical (unpaired) electrons. The van der Waals surface area contributed by atoms with E-state index < -0.39 is 0 Å². The summed E-state index contributed by atoms with van der Waals surface area (Å²) in [5.74, 6) is -0.527. The highest BCUT2D eigenvalue weighted by atomic mass is 16.3. The van der Waals surface area contributed by atoms with Crippen LogP contribution in [0.5, 0.6) is 11.5 Å². The molecule has 0 saturated carbocycles. The van der Waals surface area contributed by atoms with Crippen LogP contribution in [0.15, 0.2) is 18.2 Å². The SMILES string of the molecule is CC1CCCC(CNC(=O)c2cc(O)ccc2O)N1. The molecule has 5 nitrogen and oxygen atoms in total. The Balaban J connectivity index is 1.92. The van der Waals surface area contributed by atoms with Crippen molar-refractivity contribution < 1.29 is 15.0 Å². The molecule has 1 heterocycles. The fourth-order valence-corrected chi connectivity index (χ4v) is 2.42. The number of carbonyl (C=O) groups excluding carboxylic acids is 1. The molecule has 0 aromatic heterocycles. The number of hydrogen-bond acceptors (Lipinski definition) is 4. The van der Waals surface area contributed by atoms with Crippen molar-refractivity contribution in [1.29, 1.82) is 0 Å². The van der Waals surface area contributed by atoms with Crippen molar-refractivity contribution >= 4 is 5.91 Å². The van der Waals surface area contributed by atoms with E-state index in [9.17, 15) is 15.0 Å². The first kappa shape index (κ1) is 13.7. The molecule has 19 heavy (non-hydrogen) atoms. The lowest BCUT2D eigenvalue weighted by Gasteiger charge is -2.28. The van der Waals surface area contributed by atoms with Crippen molar-refractivity contribution in [2.75, 3.05) is 6.54 Å². The van der Waals surface area contributed by atoms with E-state index in [2.05, 4.69) is 17.6 Å². The Hall–Kier alpha value is -1.75. The zero-order chi connectivity index (χ0) is 13.8. The third-order valence-electron chi connectivity index (χ3n) is 3.44. The van der Waals surface area contributed by atoms with Crippen LogP contribution in [0, 0.1) is 0 Å². The van der Waals surface area contributed by atoms with E-state index in [-0.39, 0.29) is 29.0 Å². The number of piperidine rings is 1. The molecule has 1 aliphatic heterocycles. The predicted octanol–water partition coefficient (Wildman–Crippen LogP) is 1.36. The molecular formula is C14H20N2O3. The number of carbonyl (C=O) groups is 1. The van der Waals surface area contributed by atoms with Gasteiger partial charge in [-0.1, -0.05) is 6.42 Å². The minimum absolute atomic E-state index is 0.0348. The average Bonchev–Trinajstić information content (AvgIpc) is 2.39. The summed E-state index contributed by atoms with van der Waals surface area (Å²) in [6.07, 6.45) is 3.36. The molecule has 1 fully saturated rings. The van der Waals surface area contributed by atoms with Gasteiger partial charge < -0.3 is 20.8 Å². The van der Waals surface area contributed by atoms with Crippen LogP contribution in [-0.2, 0) is 0 Å². The molecule has 0 spiro atoms. The molecule has 0 bridgehead atoms. The Labute approximate surface area is 112 Å². The Morgan fingerprint density at radius 1 is 1.42 bits per heavy atom. The van der Waals surface area contributed by atoms with Crippen molar-refractivity contribution in [3.63, 3.8) is 0 Å². The number of phenolic OH excluding ortho intramolecular Hbond substituents is 2. The summed E-state index contributed by atoms with van der Waals surface area (Å²) < 4.78 is 0. The lowest BCUT2D eigenvalue weighted by molar-refractivity contribution is 0.0943. The van der Waals surface area contributed by atoms with Crippen LogP contribution in [-0.4, -0.2) is 34.7 Å². The zero-order valence-electron chi connectivity index (χ0n) is 11.0. The van der Waals surface area contributed by atoms with E-state index in [0.29, 0.717) is 12.6 Å². The van der Waals surface area contributed by atoms with Crippen LogP contribution >= 0.6 is 0 Å². The molecule has 4 N–H and O–H groups in total. The van der Waals surface area contributed by atoms with Crippen molar-refractivity contribution in [2.24, 2.45) is 0 Å². The normalized spacial score (nSPS) is 23.0. The van der Waals surface area contributed by atoms with Gasteiger partial charge in [0.05, 0.1) is 5.56 Å². The fraction of sp³-hybridized carbons (Fsp3) is 0.500. The van der Waals surface area contributed by atoms with Gasteiger partial charge in [-0.05, 0) is 38.0 Å². The van der Waals surface area contributed by atoms with Gasteiger partial charge in [0.15, 0.2) is 0 Å². The molecular weight excluding hydrogens is 244 g/mol. The van der Waals surface area contributed by atoms with Gasteiger partial charge in [-0.25, -0.2) is 0 Å². The summed E-state index contributed by atoms with van der Waals surface area (Å²) in [5.41, 5.74) is 0.101. The third kappa shape index (κ3) is 3.61. The molecule has 2 rings (SSSR count). The highest BCUT2D eigenvalue weighted by Gasteiger charge is 2.19. The molecule has 1 aliphatic rings. The topological polar surface area (TPSA) is 81.6 Å². The monoisotopic (exact) mass is 264 g/mol. The van der Waals surface area contributed by atoms with Crippen molar-refractivity contribution in [3.8, 4) is 11.5 Å². The maximum atomic E-state index is 11.9. The molecule has 1 aromatic carbocycles. The lowest BCUT2D eigenvalue weighted by atomic mass is 9.99. The Kier molecular flexibility index (Phi) is 4.27. The van der Waals surface area contributed by atoms with Crippen molar-refractivity contribution in [3.05, 3.63) is 23.8 Å². The van der Waals surface area contributed by atoms with E-state index in [0.717, 1.165) is 19.3 Å². The molecule has 1 saturated heterocycles. The number of benzene rings is 1. The highest BCUT2D eigenvalue weighted by molar-refractivity contribution is 5.97. The summed E-state index contributed by atoms with van der Waals surface area (Å²) in [6.45, 7) is 2.66. The number of hydrogen-bond donors (Lipinski definition) is 4. The minimum atomic E-state index is -0.367. The van der Waals surface area contributed by atoms with Crippen LogP contribution in [0.25, 0.3) is 0 Å². The summed E-state index contributed by atoms with van der Waals surface area (Å²) in [4.78, 5) is 11.9. The Bertz CT molecular complexity index is 462. The molecule has 2 atom stereocenters. The Morgan fingerprint density at radius 3 is 2.95 bits per heavy atom. The second kappa shape index (κ2) is 5.93. The number of nitrogens with one attached hydrogen (secondary N) is 2. The maximum absolute atomic E-state index is 11.9. The van der Waals surface area contributed by atoms with E-state index in [1.54, 1.807) is 0 Å². The smallest absolute Gasteiger partial charge is 0.255 e. The number of aromatic hydroxyl groups is 2. The summed E-state index contributed by atoms with van der Waals surface area (Å²) in [7, 11) is 0. The molecule has 5 heteroatoms. The molecule has 1 amide bonds. The fourth-order valence-electron chi connectivity index (χ4n) is 2.42. The lowest BCUT2D eigenvalue weighted by Crippen LogP contribution is -2.47. The molecule has 2 unspecified atom stereocenters. The van der Waals surface area contributed by atoms with Gasteiger partial charge in [0.25, 0.3) is 5.91 Å². The second-order valence-electron chi connectivity index (χ2n) is 5.11. The quantitative estimate of drug-likeness (QED) is 0.621. The number of amides is 1. The molecule has 104 valence electrons. The van der Waals surface area contributed by atoms with E-state index >= 15 is 0 Å². The first-order valence-electron chi connectivity index (χ1n) is 6.62. The van der Waals surface area contributed by atoms with E-state index in [4.69, 9.17) is 0 Å². The van der Waals surface area contributed by atoms with Gasteiger partial charge in [-0.15, -0.1) is 0 Å². The van der Waals surface area contributed by atoms with Gasteiger partial charge in [-0.2, -0.15) is 0 Å². The number of phenols is 2. The van der Waals surface area contributed by atoms with Gasteiger partial charge in [0, 0.05) is 18.6 Å². The third-order valence-corrected chi connectivity index (χ3v) is 3.44. The van der Waals surface area contributed by atoms with Crippen LogP contribution in [0.3, 0.4) is 0 Å². The predicted molar refractivity (Wildman–Crippen MR) is 72.3 cm³/mol. The summed E-state index contributed by atoms with van der Waals surface area (Å²) >= 11 is 0. The maximum Gasteiger partial charge on any atom is 0.255 e. The standard InChI is InChI=1S/C14H20N2O3/c1-9-3-2-4-10(16-9)8-15-14(19)12-7-11(17)5-6-13(12)18/h5-7,9-10,16-18H,2-4,8H2,1H3,(H,15,19). The molecule has 0 aliphatic carbocycles. The average molecular weight is 264 g/mol. The van der Waals surface area contributed by atoms with Crippen LogP contribution in [0.4, 0.5) is 0 Å². The van der Waals surface area contributed by atoms with Gasteiger partial charge in [0.1, 0.15) is 11.5 Å². The van der Waals surface area contributed by atoms with Gasteiger partial charge in [-0.3, -0.25) is 4.79 Å². The number of rotatable bonds is 3. The zero-order valence-corrected chi connectivity index (χ0v) is 11.0. The van der Waals surface area contributed by atoms with Gasteiger partial charge in [0.2, 0.25) is 0 Å². The summed E-state index contributed by atoms with van der Waals surface area (Å²) in [6, 6.07) is 4.67. The Morgan fingerprint density at radius 2 is 2.21 bits per heavy atom. The second-order valence-corrected chi connectivity index (χ2v) is 5.11. The van der Waals surface area contributed by atoms with E-state index in [1.165, 1.54) is 18.2 Å². The van der Waals surface area contributed by atoms with Crippen molar-refractivity contribution in [2.45, 2.75) is 38.3 Å². The summed E-state index contributed by atoms with van der Waals surface area (Å²) in [5, 5.41) is 25.1. The largest absolute Gasteiger partial charge is 0.508 e. The highest BCUT2D eigenvalue weighted by Crippen LogP contribution is 2.21. The van der Waals surface area contributed by atoms with Crippen LogP contribution < -0.4 is 10.6 Å². The minimum Gasteiger partial charge on any atom is -0.508 e. The first-order valence-corrected chi connectivity index (χ1v) is 6.62. The van der Waals surface area contributed by atoms with Crippen LogP contribution in [0.1, 0.15) is 36.5 Å². The van der Waals surface area contributed by atoms with Crippen LogP contribution in [0.2, 0.25) is 0 Å².